The minimum Gasteiger partial charge on any atom is -0.493 e. The van der Waals surface area contributed by atoms with Gasteiger partial charge in [0.05, 0.1) is 19.1 Å². The van der Waals surface area contributed by atoms with E-state index in [0.29, 0.717) is 5.92 Å². The zero-order valence-electron chi connectivity index (χ0n) is 10.4. The van der Waals surface area contributed by atoms with E-state index in [1.165, 1.54) is 11.1 Å². The van der Waals surface area contributed by atoms with Crippen molar-refractivity contribution in [2.24, 2.45) is 5.92 Å². The molecule has 1 N–H and O–H groups in total. The molecule has 2 heterocycles. The Morgan fingerprint density at radius 2 is 2.17 bits per heavy atom. The molecule has 1 aromatic heterocycles. The van der Waals surface area contributed by atoms with Crippen LogP contribution in [-0.2, 0) is 6.42 Å². The number of para-hydroxylation sites is 1. The summed E-state index contributed by atoms with van der Waals surface area (Å²) in [5.74, 6) is 1.46. The molecule has 0 saturated heterocycles. The Balaban J connectivity index is 1.82. The van der Waals surface area contributed by atoms with Crippen molar-refractivity contribution in [2.75, 3.05) is 13.7 Å². The predicted octanol–water partition coefficient (Wildman–Crippen LogP) is 2.79. The van der Waals surface area contributed by atoms with Crippen LogP contribution in [0.4, 0.5) is 0 Å². The van der Waals surface area contributed by atoms with Crippen molar-refractivity contribution in [1.29, 1.82) is 0 Å². The van der Waals surface area contributed by atoms with E-state index in [9.17, 15) is 0 Å². The van der Waals surface area contributed by atoms with Gasteiger partial charge in [-0.2, -0.15) is 0 Å². The fourth-order valence-electron chi connectivity index (χ4n) is 2.69. The molecular weight excluding hydrogens is 226 g/mol. The topological polar surface area (TPSA) is 34.4 Å². The standard InChI is InChI=1S/C15H17NO2/c1-16-15(12-6-7-17-9-12)13-8-11-4-2-3-5-14(11)18-10-13/h2-7,9,13,15-16H,8,10H2,1H3. The number of benzene rings is 1. The molecule has 0 bridgehead atoms. The maximum absolute atomic E-state index is 5.85. The highest BCUT2D eigenvalue weighted by molar-refractivity contribution is 5.35. The van der Waals surface area contributed by atoms with Gasteiger partial charge in [-0.1, -0.05) is 18.2 Å². The van der Waals surface area contributed by atoms with Crippen molar-refractivity contribution in [2.45, 2.75) is 12.5 Å². The molecule has 0 radical (unpaired) electrons. The maximum atomic E-state index is 5.85. The highest BCUT2D eigenvalue weighted by Gasteiger charge is 2.27. The molecule has 0 aliphatic carbocycles. The zero-order valence-corrected chi connectivity index (χ0v) is 10.4. The molecule has 94 valence electrons. The van der Waals surface area contributed by atoms with E-state index in [2.05, 4.69) is 17.4 Å². The van der Waals surface area contributed by atoms with Crippen LogP contribution in [0.25, 0.3) is 0 Å². The summed E-state index contributed by atoms with van der Waals surface area (Å²) in [4.78, 5) is 0. The lowest BCUT2D eigenvalue weighted by Gasteiger charge is -2.31. The van der Waals surface area contributed by atoms with E-state index in [0.717, 1.165) is 18.8 Å². The molecule has 2 atom stereocenters. The summed E-state index contributed by atoms with van der Waals surface area (Å²) in [6.45, 7) is 0.744. The van der Waals surface area contributed by atoms with Gasteiger partial charge in [0.15, 0.2) is 0 Å². The van der Waals surface area contributed by atoms with E-state index in [1.807, 2.05) is 31.5 Å². The molecule has 1 aliphatic heterocycles. The Kier molecular flexibility index (Phi) is 3.07. The Bertz CT molecular complexity index is 507. The van der Waals surface area contributed by atoms with Gasteiger partial charge in [-0.05, 0) is 31.2 Å². The third-order valence-corrected chi connectivity index (χ3v) is 3.59. The van der Waals surface area contributed by atoms with Gasteiger partial charge < -0.3 is 14.5 Å². The monoisotopic (exact) mass is 243 g/mol. The summed E-state index contributed by atoms with van der Waals surface area (Å²) in [5, 5.41) is 3.36. The van der Waals surface area contributed by atoms with Crippen LogP contribution in [0.2, 0.25) is 0 Å². The summed E-state index contributed by atoms with van der Waals surface area (Å²) < 4.78 is 11.0. The lowest BCUT2D eigenvalue weighted by Crippen LogP contribution is -2.33. The molecular formula is C15H17NO2. The normalized spacial score (nSPS) is 19.9. The van der Waals surface area contributed by atoms with Gasteiger partial charge in [0, 0.05) is 17.5 Å². The van der Waals surface area contributed by atoms with Crippen LogP contribution >= 0.6 is 0 Å². The highest BCUT2D eigenvalue weighted by Crippen LogP contribution is 2.33. The lowest BCUT2D eigenvalue weighted by molar-refractivity contribution is 0.188. The van der Waals surface area contributed by atoms with Crippen LogP contribution in [0.1, 0.15) is 17.2 Å². The minimum absolute atomic E-state index is 0.275. The summed E-state index contributed by atoms with van der Waals surface area (Å²) in [6, 6.07) is 10.6. The first kappa shape index (κ1) is 11.4. The summed E-state index contributed by atoms with van der Waals surface area (Å²) >= 11 is 0. The van der Waals surface area contributed by atoms with Gasteiger partial charge in [-0.15, -0.1) is 0 Å². The molecule has 3 rings (SSSR count). The average Bonchev–Trinajstić information content (AvgIpc) is 2.93. The average molecular weight is 243 g/mol. The third-order valence-electron chi connectivity index (χ3n) is 3.59. The minimum atomic E-state index is 0.275. The number of hydrogen-bond acceptors (Lipinski definition) is 3. The van der Waals surface area contributed by atoms with Crippen molar-refractivity contribution in [3.8, 4) is 5.75 Å². The number of rotatable bonds is 3. The van der Waals surface area contributed by atoms with Gasteiger partial charge >= 0.3 is 0 Å². The van der Waals surface area contributed by atoms with Crippen LogP contribution in [0.15, 0.2) is 47.3 Å². The van der Waals surface area contributed by atoms with E-state index in [-0.39, 0.29) is 6.04 Å². The van der Waals surface area contributed by atoms with Crippen LogP contribution in [0.3, 0.4) is 0 Å². The van der Waals surface area contributed by atoms with Crippen LogP contribution in [-0.4, -0.2) is 13.7 Å². The summed E-state index contributed by atoms with van der Waals surface area (Å²) in [5.41, 5.74) is 2.47. The first-order valence-corrected chi connectivity index (χ1v) is 6.28. The van der Waals surface area contributed by atoms with E-state index < -0.39 is 0 Å². The maximum Gasteiger partial charge on any atom is 0.122 e. The molecule has 3 heteroatoms. The molecule has 0 saturated carbocycles. The molecule has 1 aliphatic rings. The second kappa shape index (κ2) is 4.86. The molecule has 0 amide bonds. The van der Waals surface area contributed by atoms with E-state index in [4.69, 9.17) is 9.15 Å². The second-order valence-corrected chi connectivity index (χ2v) is 4.71. The van der Waals surface area contributed by atoms with Crippen LogP contribution in [0, 0.1) is 5.92 Å². The smallest absolute Gasteiger partial charge is 0.122 e. The van der Waals surface area contributed by atoms with E-state index >= 15 is 0 Å². The van der Waals surface area contributed by atoms with Crippen molar-refractivity contribution in [3.63, 3.8) is 0 Å². The fourth-order valence-corrected chi connectivity index (χ4v) is 2.69. The molecule has 2 unspecified atom stereocenters. The fraction of sp³-hybridized carbons (Fsp3) is 0.333. The van der Waals surface area contributed by atoms with Gasteiger partial charge in [0.2, 0.25) is 0 Å². The quantitative estimate of drug-likeness (QED) is 0.900. The molecule has 0 spiro atoms. The van der Waals surface area contributed by atoms with Crippen molar-refractivity contribution < 1.29 is 9.15 Å². The Morgan fingerprint density at radius 3 is 2.94 bits per heavy atom. The van der Waals surface area contributed by atoms with Gasteiger partial charge in [0.1, 0.15) is 5.75 Å². The highest BCUT2D eigenvalue weighted by atomic mass is 16.5. The number of hydrogen-bond donors (Lipinski definition) is 1. The number of nitrogens with one attached hydrogen (secondary N) is 1. The molecule has 0 fully saturated rings. The summed E-state index contributed by atoms with van der Waals surface area (Å²) in [6.07, 6.45) is 4.56. The molecule has 1 aromatic carbocycles. The van der Waals surface area contributed by atoms with Crippen LogP contribution < -0.4 is 10.1 Å². The van der Waals surface area contributed by atoms with Crippen LogP contribution in [0.5, 0.6) is 5.75 Å². The second-order valence-electron chi connectivity index (χ2n) is 4.71. The first-order chi connectivity index (χ1) is 8.88. The molecule has 18 heavy (non-hydrogen) atoms. The molecule has 3 nitrogen and oxygen atoms in total. The van der Waals surface area contributed by atoms with Crippen molar-refractivity contribution in [3.05, 3.63) is 54.0 Å². The lowest BCUT2D eigenvalue weighted by atomic mass is 9.87. The number of fused-ring (bicyclic) bond motifs is 1. The summed E-state index contributed by atoms with van der Waals surface area (Å²) in [7, 11) is 1.98. The van der Waals surface area contributed by atoms with Crippen molar-refractivity contribution >= 4 is 0 Å². The number of furan rings is 1. The van der Waals surface area contributed by atoms with E-state index in [1.54, 1.807) is 6.26 Å². The van der Waals surface area contributed by atoms with Gasteiger partial charge in [-0.3, -0.25) is 0 Å². The zero-order chi connectivity index (χ0) is 12.4. The largest absolute Gasteiger partial charge is 0.493 e. The third kappa shape index (κ3) is 2.02. The Morgan fingerprint density at radius 1 is 1.28 bits per heavy atom. The Hall–Kier alpha value is -1.74. The number of ether oxygens (including phenoxy) is 1. The SMILES string of the molecule is CNC(c1ccoc1)C1COc2ccccc2C1. The van der Waals surface area contributed by atoms with Gasteiger partial charge in [0.25, 0.3) is 0 Å². The predicted molar refractivity (Wildman–Crippen MR) is 69.6 cm³/mol. The Labute approximate surface area is 107 Å². The van der Waals surface area contributed by atoms with Crippen molar-refractivity contribution in [1.82, 2.24) is 5.32 Å². The molecule has 2 aromatic rings. The first-order valence-electron chi connectivity index (χ1n) is 6.28. The van der Waals surface area contributed by atoms with Gasteiger partial charge in [-0.25, -0.2) is 0 Å².